The first kappa shape index (κ1) is 15.9. The molecule has 0 aliphatic carbocycles. The second-order valence-electron chi connectivity index (χ2n) is 6.15. The van der Waals surface area contributed by atoms with Crippen molar-refractivity contribution in [2.24, 2.45) is 11.8 Å². The molecule has 1 saturated heterocycles. The maximum absolute atomic E-state index is 11.1. The SMILES string of the molecule is C[C@@H]1C[C@@H](C)CN(CCN[C@@H](C)CS(C)(=O)=O)C1. The Bertz CT molecular complexity index is 333. The van der Waals surface area contributed by atoms with Crippen molar-refractivity contribution in [2.45, 2.75) is 33.2 Å². The molecule has 0 amide bonds. The quantitative estimate of drug-likeness (QED) is 0.786. The maximum Gasteiger partial charge on any atom is 0.148 e. The van der Waals surface area contributed by atoms with Gasteiger partial charge >= 0.3 is 0 Å². The molecular weight excluding hydrogens is 248 g/mol. The summed E-state index contributed by atoms with van der Waals surface area (Å²) >= 11 is 0. The van der Waals surface area contributed by atoms with Crippen molar-refractivity contribution in [2.75, 3.05) is 38.2 Å². The van der Waals surface area contributed by atoms with Crippen LogP contribution in [0, 0.1) is 11.8 Å². The highest BCUT2D eigenvalue weighted by atomic mass is 32.2. The van der Waals surface area contributed by atoms with Gasteiger partial charge < -0.3 is 10.2 Å². The first-order valence-corrected chi connectivity index (χ1v) is 8.95. The van der Waals surface area contributed by atoms with E-state index in [-0.39, 0.29) is 11.8 Å². The Labute approximate surface area is 112 Å². The van der Waals surface area contributed by atoms with Crippen LogP contribution in [-0.2, 0) is 9.84 Å². The van der Waals surface area contributed by atoms with Crippen LogP contribution in [0.1, 0.15) is 27.2 Å². The first-order chi connectivity index (χ1) is 8.26. The van der Waals surface area contributed by atoms with Gasteiger partial charge in [-0.1, -0.05) is 13.8 Å². The summed E-state index contributed by atoms with van der Waals surface area (Å²) in [6.45, 7) is 10.8. The molecule has 0 aromatic carbocycles. The zero-order chi connectivity index (χ0) is 13.8. The summed E-state index contributed by atoms with van der Waals surface area (Å²) in [5.74, 6) is 1.78. The van der Waals surface area contributed by atoms with Gasteiger partial charge in [0.05, 0.1) is 5.75 Å². The summed E-state index contributed by atoms with van der Waals surface area (Å²) in [6, 6.07) is 0.0413. The summed E-state index contributed by atoms with van der Waals surface area (Å²) in [7, 11) is -2.87. The molecule has 1 aliphatic rings. The molecule has 1 rings (SSSR count). The number of hydrogen-bond donors (Lipinski definition) is 1. The average molecular weight is 276 g/mol. The molecule has 18 heavy (non-hydrogen) atoms. The molecule has 1 aliphatic heterocycles. The summed E-state index contributed by atoms with van der Waals surface area (Å²) in [6.07, 6.45) is 2.62. The number of nitrogens with zero attached hydrogens (tertiary/aromatic N) is 1. The third-order valence-electron chi connectivity index (χ3n) is 3.42. The van der Waals surface area contributed by atoms with Crippen molar-refractivity contribution < 1.29 is 8.42 Å². The number of rotatable bonds is 6. The minimum absolute atomic E-state index is 0.0413. The van der Waals surface area contributed by atoms with Gasteiger partial charge in [0.2, 0.25) is 0 Å². The lowest BCUT2D eigenvalue weighted by Crippen LogP contribution is -2.44. The molecule has 5 heteroatoms. The van der Waals surface area contributed by atoms with Crippen LogP contribution in [-0.4, -0.2) is 57.5 Å². The van der Waals surface area contributed by atoms with Gasteiger partial charge in [-0.15, -0.1) is 0 Å². The van der Waals surface area contributed by atoms with Crippen LogP contribution < -0.4 is 5.32 Å². The number of likely N-dealkylation sites (tertiary alicyclic amines) is 1. The highest BCUT2D eigenvalue weighted by molar-refractivity contribution is 7.90. The summed E-state index contributed by atoms with van der Waals surface area (Å²) in [5.41, 5.74) is 0. The van der Waals surface area contributed by atoms with E-state index < -0.39 is 9.84 Å². The summed E-state index contributed by atoms with van der Waals surface area (Å²) < 4.78 is 22.3. The molecule has 1 fully saturated rings. The van der Waals surface area contributed by atoms with Crippen LogP contribution in [0.5, 0.6) is 0 Å². The third-order valence-corrected chi connectivity index (χ3v) is 4.52. The van der Waals surface area contributed by atoms with Crippen LogP contribution in [0.25, 0.3) is 0 Å². The number of hydrogen-bond acceptors (Lipinski definition) is 4. The molecule has 0 saturated carbocycles. The Morgan fingerprint density at radius 1 is 1.28 bits per heavy atom. The van der Waals surface area contributed by atoms with Crippen molar-refractivity contribution in [3.8, 4) is 0 Å². The fourth-order valence-corrected chi connectivity index (χ4v) is 3.98. The van der Waals surface area contributed by atoms with E-state index in [1.165, 1.54) is 25.8 Å². The van der Waals surface area contributed by atoms with Gasteiger partial charge in [-0.25, -0.2) is 8.42 Å². The number of sulfone groups is 1. The molecule has 0 aromatic rings. The van der Waals surface area contributed by atoms with E-state index in [9.17, 15) is 8.42 Å². The molecule has 1 N–H and O–H groups in total. The molecule has 0 bridgehead atoms. The van der Waals surface area contributed by atoms with Crippen molar-refractivity contribution in [3.63, 3.8) is 0 Å². The lowest BCUT2D eigenvalue weighted by Gasteiger charge is -2.35. The molecule has 0 unspecified atom stereocenters. The fraction of sp³-hybridized carbons (Fsp3) is 1.00. The highest BCUT2D eigenvalue weighted by Gasteiger charge is 2.21. The predicted octanol–water partition coefficient (Wildman–Crippen LogP) is 0.987. The zero-order valence-electron chi connectivity index (χ0n) is 12.1. The number of nitrogens with one attached hydrogen (secondary N) is 1. The zero-order valence-corrected chi connectivity index (χ0v) is 13.0. The van der Waals surface area contributed by atoms with Crippen LogP contribution in [0.15, 0.2) is 0 Å². The Morgan fingerprint density at radius 2 is 1.83 bits per heavy atom. The molecule has 108 valence electrons. The van der Waals surface area contributed by atoms with Crippen LogP contribution in [0.4, 0.5) is 0 Å². The smallest absolute Gasteiger partial charge is 0.148 e. The summed E-state index contributed by atoms with van der Waals surface area (Å²) in [4.78, 5) is 2.49. The summed E-state index contributed by atoms with van der Waals surface area (Å²) in [5, 5.41) is 3.30. The largest absolute Gasteiger partial charge is 0.312 e. The Hall–Kier alpha value is -0.130. The van der Waals surface area contributed by atoms with Crippen molar-refractivity contribution in [1.29, 1.82) is 0 Å². The Balaban J connectivity index is 2.21. The molecule has 4 nitrogen and oxygen atoms in total. The van der Waals surface area contributed by atoms with E-state index >= 15 is 0 Å². The van der Waals surface area contributed by atoms with Crippen LogP contribution in [0.2, 0.25) is 0 Å². The Kier molecular flexibility index (Phi) is 6.08. The average Bonchev–Trinajstić information content (AvgIpc) is 2.12. The van der Waals surface area contributed by atoms with Crippen molar-refractivity contribution in [3.05, 3.63) is 0 Å². The molecule has 0 spiro atoms. The van der Waals surface area contributed by atoms with Crippen molar-refractivity contribution in [1.82, 2.24) is 10.2 Å². The normalized spacial score (nSPS) is 28.2. The predicted molar refractivity (Wildman–Crippen MR) is 76.6 cm³/mol. The molecule has 0 radical (unpaired) electrons. The van der Waals surface area contributed by atoms with E-state index in [4.69, 9.17) is 0 Å². The lowest BCUT2D eigenvalue weighted by atomic mass is 9.92. The standard InChI is InChI=1S/C13H28N2O2S/c1-11-7-12(2)9-15(8-11)6-5-14-13(3)10-18(4,16)17/h11-14H,5-10H2,1-4H3/t11-,12-,13+/m1/s1. The second kappa shape index (κ2) is 6.87. The molecule has 0 aromatic heterocycles. The van der Waals surface area contributed by atoms with E-state index in [0.29, 0.717) is 0 Å². The fourth-order valence-electron chi connectivity index (χ4n) is 2.96. The highest BCUT2D eigenvalue weighted by Crippen LogP contribution is 2.20. The Morgan fingerprint density at radius 3 is 2.33 bits per heavy atom. The monoisotopic (exact) mass is 276 g/mol. The molecular formula is C13H28N2O2S. The second-order valence-corrected chi connectivity index (χ2v) is 8.34. The van der Waals surface area contributed by atoms with E-state index in [1.54, 1.807) is 0 Å². The first-order valence-electron chi connectivity index (χ1n) is 6.89. The van der Waals surface area contributed by atoms with Gasteiger partial charge in [0, 0.05) is 38.5 Å². The van der Waals surface area contributed by atoms with E-state index in [0.717, 1.165) is 24.9 Å². The van der Waals surface area contributed by atoms with Crippen LogP contribution in [0.3, 0.4) is 0 Å². The maximum atomic E-state index is 11.1. The van der Waals surface area contributed by atoms with Gasteiger partial charge in [-0.05, 0) is 25.2 Å². The van der Waals surface area contributed by atoms with Gasteiger partial charge in [0.1, 0.15) is 9.84 Å². The minimum Gasteiger partial charge on any atom is -0.312 e. The van der Waals surface area contributed by atoms with E-state index in [2.05, 4.69) is 24.1 Å². The van der Waals surface area contributed by atoms with Crippen LogP contribution >= 0.6 is 0 Å². The van der Waals surface area contributed by atoms with Gasteiger partial charge in [-0.2, -0.15) is 0 Å². The third kappa shape index (κ3) is 6.71. The molecule has 1 heterocycles. The van der Waals surface area contributed by atoms with Crippen molar-refractivity contribution >= 4 is 9.84 Å². The van der Waals surface area contributed by atoms with Gasteiger partial charge in [0.15, 0.2) is 0 Å². The topological polar surface area (TPSA) is 49.4 Å². The van der Waals surface area contributed by atoms with Gasteiger partial charge in [-0.3, -0.25) is 0 Å². The molecule has 3 atom stereocenters. The number of piperidine rings is 1. The van der Waals surface area contributed by atoms with E-state index in [1.807, 2.05) is 6.92 Å². The minimum atomic E-state index is -2.87. The lowest BCUT2D eigenvalue weighted by molar-refractivity contribution is 0.141. The van der Waals surface area contributed by atoms with Gasteiger partial charge in [0.25, 0.3) is 0 Å².